The normalized spacial score (nSPS) is 16.3. The van der Waals surface area contributed by atoms with Gasteiger partial charge in [-0.3, -0.25) is 4.79 Å². The van der Waals surface area contributed by atoms with Crippen LogP contribution in [0.25, 0.3) is 5.78 Å². The lowest BCUT2D eigenvalue weighted by Gasteiger charge is -2.22. The molecule has 4 rings (SSSR count). The average Bonchev–Trinajstić information content (AvgIpc) is 2.89. The standard InChI is InChI=1S/C16H20N8O/c1-21-5-3-6-22(9-8-21)13-10-15(25)24(18-11-13)12-14-19-16-17-4-2-7-23(16)20-14/h2,4,7,10-11H,3,5-6,8-9,12H2,1H3. The lowest BCUT2D eigenvalue weighted by molar-refractivity contribution is 0.360. The zero-order valence-electron chi connectivity index (χ0n) is 14.1. The van der Waals surface area contributed by atoms with E-state index in [4.69, 9.17) is 0 Å². The van der Waals surface area contributed by atoms with Gasteiger partial charge in [-0.05, 0) is 26.1 Å². The molecule has 0 bridgehead atoms. The molecule has 0 saturated carbocycles. The Labute approximate surface area is 144 Å². The van der Waals surface area contributed by atoms with Crippen LogP contribution in [0.2, 0.25) is 0 Å². The molecule has 0 aromatic carbocycles. The van der Waals surface area contributed by atoms with E-state index < -0.39 is 0 Å². The first-order chi connectivity index (χ1) is 12.2. The minimum Gasteiger partial charge on any atom is -0.369 e. The SMILES string of the molecule is CN1CCCN(c2cnn(Cc3nc4ncccn4n3)c(=O)c2)CC1. The Morgan fingerprint density at radius 1 is 1.20 bits per heavy atom. The second-order valence-electron chi connectivity index (χ2n) is 6.25. The number of anilines is 1. The van der Waals surface area contributed by atoms with Crippen molar-refractivity contribution in [2.75, 3.05) is 38.1 Å². The van der Waals surface area contributed by atoms with Crippen LogP contribution in [0.3, 0.4) is 0 Å². The maximum atomic E-state index is 12.4. The van der Waals surface area contributed by atoms with Crippen molar-refractivity contribution in [3.63, 3.8) is 0 Å². The summed E-state index contributed by atoms with van der Waals surface area (Å²) in [6.07, 6.45) is 6.26. The van der Waals surface area contributed by atoms with Gasteiger partial charge in [-0.1, -0.05) is 0 Å². The third kappa shape index (κ3) is 3.36. The molecule has 0 radical (unpaired) electrons. The van der Waals surface area contributed by atoms with E-state index in [0.717, 1.165) is 38.3 Å². The number of hydrogen-bond acceptors (Lipinski definition) is 7. The number of likely N-dealkylation sites (N-methyl/N-ethyl adjacent to an activating group) is 1. The van der Waals surface area contributed by atoms with Crippen LogP contribution < -0.4 is 10.5 Å². The molecule has 3 aromatic rings. The van der Waals surface area contributed by atoms with Gasteiger partial charge >= 0.3 is 0 Å². The zero-order valence-corrected chi connectivity index (χ0v) is 14.1. The molecular formula is C16H20N8O. The summed E-state index contributed by atoms with van der Waals surface area (Å²) in [6.45, 7) is 4.14. The number of fused-ring (bicyclic) bond motifs is 1. The maximum absolute atomic E-state index is 12.4. The number of hydrogen-bond donors (Lipinski definition) is 0. The van der Waals surface area contributed by atoms with Crippen molar-refractivity contribution in [3.8, 4) is 0 Å². The van der Waals surface area contributed by atoms with Crippen molar-refractivity contribution < 1.29 is 0 Å². The van der Waals surface area contributed by atoms with Gasteiger partial charge in [0.1, 0.15) is 6.54 Å². The molecule has 1 fully saturated rings. The summed E-state index contributed by atoms with van der Waals surface area (Å²) in [5.74, 6) is 1.02. The Kier molecular flexibility index (Phi) is 4.14. The molecule has 0 N–H and O–H groups in total. The van der Waals surface area contributed by atoms with Crippen LogP contribution in [0, 0.1) is 0 Å². The third-order valence-electron chi connectivity index (χ3n) is 4.39. The van der Waals surface area contributed by atoms with Crippen molar-refractivity contribution in [3.05, 3.63) is 46.9 Å². The fourth-order valence-electron chi connectivity index (χ4n) is 3.00. The molecular weight excluding hydrogens is 320 g/mol. The molecule has 0 aliphatic carbocycles. The average molecular weight is 340 g/mol. The second-order valence-corrected chi connectivity index (χ2v) is 6.25. The number of nitrogens with zero attached hydrogens (tertiary/aromatic N) is 8. The predicted octanol–water partition coefficient (Wildman–Crippen LogP) is -0.129. The first-order valence-corrected chi connectivity index (χ1v) is 8.36. The Morgan fingerprint density at radius 2 is 2.12 bits per heavy atom. The number of aromatic nitrogens is 6. The quantitative estimate of drug-likeness (QED) is 0.657. The van der Waals surface area contributed by atoms with Crippen LogP contribution in [-0.4, -0.2) is 67.5 Å². The molecule has 9 nitrogen and oxygen atoms in total. The highest BCUT2D eigenvalue weighted by Crippen LogP contribution is 2.12. The minimum atomic E-state index is -0.151. The molecule has 130 valence electrons. The summed E-state index contributed by atoms with van der Waals surface area (Å²) in [7, 11) is 2.12. The van der Waals surface area contributed by atoms with E-state index in [1.54, 1.807) is 35.2 Å². The van der Waals surface area contributed by atoms with E-state index in [-0.39, 0.29) is 12.1 Å². The summed E-state index contributed by atoms with van der Waals surface area (Å²) in [6, 6.07) is 3.43. The van der Waals surface area contributed by atoms with Crippen molar-refractivity contribution in [2.45, 2.75) is 13.0 Å². The van der Waals surface area contributed by atoms with Gasteiger partial charge in [0.2, 0.25) is 0 Å². The molecule has 0 amide bonds. The molecule has 25 heavy (non-hydrogen) atoms. The van der Waals surface area contributed by atoms with Gasteiger partial charge in [-0.15, -0.1) is 5.10 Å². The van der Waals surface area contributed by atoms with E-state index in [1.807, 2.05) is 0 Å². The molecule has 1 aliphatic rings. The van der Waals surface area contributed by atoms with E-state index in [2.05, 4.69) is 37.0 Å². The lowest BCUT2D eigenvalue weighted by atomic mass is 10.3. The topological polar surface area (TPSA) is 84.4 Å². The summed E-state index contributed by atoms with van der Waals surface area (Å²) < 4.78 is 2.96. The van der Waals surface area contributed by atoms with Gasteiger partial charge in [-0.25, -0.2) is 14.2 Å². The monoisotopic (exact) mass is 340 g/mol. The van der Waals surface area contributed by atoms with Gasteiger partial charge in [0.05, 0.1) is 11.9 Å². The van der Waals surface area contributed by atoms with Crippen LogP contribution in [0.5, 0.6) is 0 Å². The first-order valence-electron chi connectivity index (χ1n) is 8.36. The molecule has 4 heterocycles. The van der Waals surface area contributed by atoms with Gasteiger partial charge in [-0.2, -0.15) is 10.1 Å². The van der Waals surface area contributed by atoms with Crippen LogP contribution in [0.4, 0.5) is 5.69 Å². The van der Waals surface area contributed by atoms with E-state index in [1.165, 1.54) is 4.68 Å². The summed E-state index contributed by atoms with van der Waals surface area (Å²) in [5, 5.41) is 8.62. The van der Waals surface area contributed by atoms with Crippen LogP contribution in [0.1, 0.15) is 12.2 Å². The Balaban J connectivity index is 1.54. The third-order valence-corrected chi connectivity index (χ3v) is 4.39. The maximum Gasteiger partial charge on any atom is 0.269 e. The van der Waals surface area contributed by atoms with Crippen molar-refractivity contribution >= 4 is 11.5 Å². The zero-order chi connectivity index (χ0) is 17.2. The fraction of sp³-hybridized carbons (Fsp3) is 0.438. The molecule has 3 aromatic heterocycles. The molecule has 9 heteroatoms. The molecule has 0 spiro atoms. The largest absolute Gasteiger partial charge is 0.369 e. The molecule has 1 aliphatic heterocycles. The van der Waals surface area contributed by atoms with Gasteiger partial charge < -0.3 is 9.80 Å². The number of rotatable bonds is 3. The molecule has 0 atom stereocenters. The Bertz CT molecular complexity index is 900. The highest BCUT2D eigenvalue weighted by Gasteiger charge is 2.14. The summed E-state index contributed by atoms with van der Waals surface area (Å²) in [5.41, 5.74) is 0.725. The second kappa shape index (κ2) is 6.60. The highest BCUT2D eigenvalue weighted by atomic mass is 16.1. The van der Waals surface area contributed by atoms with Crippen LogP contribution >= 0.6 is 0 Å². The van der Waals surface area contributed by atoms with E-state index >= 15 is 0 Å². The highest BCUT2D eigenvalue weighted by molar-refractivity contribution is 5.43. The smallest absolute Gasteiger partial charge is 0.269 e. The van der Waals surface area contributed by atoms with E-state index in [0.29, 0.717) is 11.6 Å². The van der Waals surface area contributed by atoms with Crippen LogP contribution in [0.15, 0.2) is 35.5 Å². The summed E-state index contributed by atoms with van der Waals surface area (Å²) >= 11 is 0. The van der Waals surface area contributed by atoms with Gasteiger partial charge in [0.25, 0.3) is 11.3 Å². The first kappa shape index (κ1) is 15.7. The Morgan fingerprint density at radius 3 is 2.96 bits per heavy atom. The van der Waals surface area contributed by atoms with Gasteiger partial charge in [0, 0.05) is 38.1 Å². The lowest BCUT2D eigenvalue weighted by Crippen LogP contribution is -2.31. The molecule has 1 saturated heterocycles. The minimum absolute atomic E-state index is 0.151. The Hall–Kier alpha value is -2.81. The van der Waals surface area contributed by atoms with Crippen LogP contribution in [-0.2, 0) is 6.54 Å². The van der Waals surface area contributed by atoms with Crippen molar-refractivity contribution in [1.82, 2.24) is 34.3 Å². The van der Waals surface area contributed by atoms with E-state index in [9.17, 15) is 4.79 Å². The van der Waals surface area contributed by atoms with Crippen molar-refractivity contribution in [2.24, 2.45) is 0 Å². The predicted molar refractivity (Wildman–Crippen MR) is 92.7 cm³/mol. The summed E-state index contributed by atoms with van der Waals surface area (Å²) in [4.78, 5) is 25.4. The van der Waals surface area contributed by atoms with Crippen molar-refractivity contribution in [1.29, 1.82) is 0 Å². The van der Waals surface area contributed by atoms with Gasteiger partial charge in [0.15, 0.2) is 5.82 Å². The molecule has 0 unspecified atom stereocenters. The fourth-order valence-corrected chi connectivity index (χ4v) is 3.00.